The third-order valence-corrected chi connectivity index (χ3v) is 6.67. The van der Waals surface area contributed by atoms with Crippen molar-refractivity contribution in [3.05, 3.63) is 83.9 Å². The summed E-state index contributed by atoms with van der Waals surface area (Å²) in [6.45, 7) is 6.73. The molecule has 3 rings (SSSR count). The summed E-state index contributed by atoms with van der Waals surface area (Å²) in [7, 11) is -3.59. The molecule has 0 aliphatic heterocycles. The molecule has 1 heterocycles. The summed E-state index contributed by atoms with van der Waals surface area (Å²) in [5.41, 5.74) is 2.89. The second-order valence-electron chi connectivity index (χ2n) is 7.15. The lowest BCUT2D eigenvalue weighted by Gasteiger charge is -2.26. The third kappa shape index (κ3) is 5.35. The van der Waals surface area contributed by atoms with Gasteiger partial charge in [-0.2, -0.15) is 4.31 Å². The molecule has 0 amide bonds. The summed E-state index contributed by atoms with van der Waals surface area (Å²) < 4.78 is 29.6. The Morgan fingerprint density at radius 3 is 2.10 bits per heavy atom. The van der Waals surface area contributed by atoms with Gasteiger partial charge >= 0.3 is 0 Å². The number of imidazole rings is 1. The quantitative estimate of drug-likeness (QED) is 0.586. The minimum atomic E-state index is -3.59. The van der Waals surface area contributed by atoms with E-state index in [1.807, 2.05) is 55.8 Å². The zero-order valence-electron chi connectivity index (χ0n) is 16.9. The molecule has 0 bridgehead atoms. The smallest absolute Gasteiger partial charge is 0.243 e. The summed E-state index contributed by atoms with van der Waals surface area (Å²) in [4.78, 5) is 4.28. The molecule has 0 unspecified atom stereocenters. The lowest BCUT2D eigenvalue weighted by molar-refractivity contribution is 0.339. The molecule has 0 radical (unpaired) electrons. The van der Waals surface area contributed by atoms with E-state index in [1.165, 1.54) is 9.87 Å². The average Bonchev–Trinajstić information content (AvgIpc) is 3.21. The highest BCUT2D eigenvalue weighted by Crippen LogP contribution is 2.19. The minimum absolute atomic E-state index is 0.149. The van der Waals surface area contributed by atoms with Crippen molar-refractivity contribution in [1.82, 2.24) is 13.9 Å². The molecule has 150 valence electrons. The van der Waals surface area contributed by atoms with Crippen LogP contribution in [0.1, 0.15) is 30.5 Å². The number of nitrogens with zero attached hydrogens (tertiary/aromatic N) is 3. The minimum Gasteiger partial charge on any atom is -0.336 e. The van der Waals surface area contributed by atoms with Crippen molar-refractivity contribution in [2.75, 3.05) is 6.54 Å². The fraction of sp³-hybridized carbons (Fsp3) is 0.261. The van der Waals surface area contributed by atoms with Crippen LogP contribution < -0.4 is 0 Å². The zero-order valence-corrected chi connectivity index (χ0v) is 17.7. The summed E-state index contributed by atoms with van der Waals surface area (Å²) in [5, 5.41) is 0. The Morgan fingerprint density at radius 1 is 1.00 bits per heavy atom. The topological polar surface area (TPSA) is 55.2 Å². The van der Waals surface area contributed by atoms with Crippen LogP contribution in [0.3, 0.4) is 0 Å². The van der Waals surface area contributed by atoms with Crippen molar-refractivity contribution in [2.45, 2.75) is 38.3 Å². The highest BCUT2D eigenvalue weighted by molar-refractivity contribution is 7.89. The molecular formula is C23H25N3O2S. The van der Waals surface area contributed by atoms with Crippen LogP contribution in [0, 0.1) is 18.8 Å². The van der Waals surface area contributed by atoms with Gasteiger partial charge in [0.15, 0.2) is 0 Å². The van der Waals surface area contributed by atoms with Crippen LogP contribution in [0.2, 0.25) is 0 Å². The van der Waals surface area contributed by atoms with Crippen LogP contribution in [-0.4, -0.2) is 34.9 Å². The van der Waals surface area contributed by atoms with Crippen molar-refractivity contribution in [3.8, 4) is 11.8 Å². The van der Waals surface area contributed by atoms with Gasteiger partial charge in [0.05, 0.1) is 11.2 Å². The Labute approximate surface area is 173 Å². The lowest BCUT2D eigenvalue weighted by atomic mass is 10.1. The van der Waals surface area contributed by atoms with Gasteiger partial charge in [-0.3, -0.25) is 0 Å². The highest BCUT2D eigenvalue weighted by atomic mass is 32.2. The van der Waals surface area contributed by atoms with Gasteiger partial charge in [0, 0.05) is 42.7 Å². The van der Waals surface area contributed by atoms with Crippen LogP contribution in [0.25, 0.3) is 0 Å². The van der Waals surface area contributed by atoms with E-state index in [2.05, 4.69) is 16.8 Å². The molecule has 2 aromatic carbocycles. The molecule has 0 spiro atoms. The van der Waals surface area contributed by atoms with E-state index < -0.39 is 10.0 Å². The number of aromatic nitrogens is 2. The van der Waals surface area contributed by atoms with Crippen molar-refractivity contribution in [2.24, 2.45) is 0 Å². The fourth-order valence-electron chi connectivity index (χ4n) is 2.92. The van der Waals surface area contributed by atoms with Crippen LogP contribution in [-0.2, 0) is 16.6 Å². The van der Waals surface area contributed by atoms with Gasteiger partial charge in [-0.15, -0.1) is 0 Å². The summed E-state index contributed by atoms with van der Waals surface area (Å²) in [5.74, 6) is 6.19. The maximum absolute atomic E-state index is 13.1. The summed E-state index contributed by atoms with van der Waals surface area (Å²) in [6.07, 6.45) is 5.20. The van der Waals surface area contributed by atoms with E-state index in [1.54, 1.807) is 36.8 Å². The first-order valence-electron chi connectivity index (χ1n) is 9.52. The van der Waals surface area contributed by atoms with E-state index >= 15 is 0 Å². The first-order chi connectivity index (χ1) is 13.9. The molecule has 0 saturated carbocycles. The maximum atomic E-state index is 13.1. The Balaban J connectivity index is 1.76. The van der Waals surface area contributed by atoms with E-state index in [4.69, 9.17) is 0 Å². The van der Waals surface area contributed by atoms with Gasteiger partial charge in [-0.25, -0.2) is 13.4 Å². The van der Waals surface area contributed by atoms with Gasteiger partial charge in [-0.05, 0) is 57.2 Å². The van der Waals surface area contributed by atoms with Crippen LogP contribution in [0.4, 0.5) is 0 Å². The summed E-state index contributed by atoms with van der Waals surface area (Å²) in [6, 6.07) is 14.6. The molecular weight excluding hydrogens is 382 g/mol. The van der Waals surface area contributed by atoms with Crippen LogP contribution in [0.5, 0.6) is 0 Å². The van der Waals surface area contributed by atoms with Gasteiger partial charge in [-0.1, -0.05) is 29.5 Å². The number of sulfonamides is 1. The largest absolute Gasteiger partial charge is 0.336 e. The molecule has 6 heteroatoms. The number of hydrogen-bond acceptors (Lipinski definition) is 3. The van der Waals surface area contributed by atoms with Crippen LogP contribution >= 0.6 is 0 Å². The molecule has 0 aliphatic carbocycles. The van der Waals surface area contributed by atoms with E-state index in [0.717, 1.165) is 11.1 Å². The number of rotatable bonds is 6. The van der Waals surface area contributed by atoms with Gasteiger partial charge in [0.1, 0.15) is 0 Å². The SMILES string of the molecule is Cc1ccc(C#Cc2ccc(S(=O)(=O)N(CCn3ccnc3)C(C)C)cc2)cc1. The Morgan fingerprint density at radius 2 is 1.59 bits per heavy atom. The average molecular weight is 408 g/mol. The first kappa shape index (κ1) is 20.8. The molecule has 0 saturated heterocycles. The van der Waals surface area contributed by atoms with Gasteiger partial charge < -0.3 is 4.57 Å². The van der Waals surface area contributed by atoms with Crippen molar-refractivity contribution < 1.29 is 8.42 Å². The number of hydrogen-bond donors (Lipinski definition) is 0. The van der Waals surface area contributed by atoms with E-state index in [9.17, 15) is 8.42 Å². The molecule has 29 heavy (non-hydrogen) atoms. The Bertz CT molecular complexity index is 1090. The number of aryl methyl sites for hydroxylation is 1. The standard InChI is InChI=1S/C23H25N3O2S/c1-19(2)26(17-16-25-15-14-24-18-25)29(27,28)23-12-10-22(11-13-23)9-8-21-6-4-20(3)5-7-21/h4-7,10-15,18-19H,16-17H2,1-3H3. The lowest BCUT2D eigenvalue weighted by Crippen LogP contribution is -2.39. The van der Waals surface area contributed by atoms with E-state index in [0.29, 0.717) is 13.1 Å². The Kier molecular flexibility index (Phi) is 6.53. The van der Waals surface area contributed by atoms with Gasteiger partial charge in [0.25, 0.3) is 0 Å². The molecule has 0 N–H and O–H groups in total. The first-order valence-corrected chi connectivity index (χ1v) is 11.0. The normalized spacial score (nSPS) is 11.5. The third-order valence-electron chi connectivity index (χ3n) is 4.58. The predicted octanol–water partition coefficient (Wildman–Crippen LogP) is 3.69. The van der Waals surface area contributed by atoms with Crippen molar-refractivity contribution >= 4 is 10.0 Å². The predicted molar refractivity (Wildman–Crippen MR) is 115 cm³/mol. The highest BCUT2D eigenvalue weighted by Gasteiger charge is 2.26. The van der Waals surface area contributed by atoms with Crippen LogP contribution in [0.15, 0.2) is 72.1 Å². The second kappa shape index (κ2) is 9.08. The maximum Gasteiger partial charge on any atom is 0.243 e. The van der Waals surface area contributed by atoms with Crippen molar-refractivity contribution in [3.63, 3.8) is 0 Å². The molecule has 0 aliphatic rings. The zero-order chi connectivity index (χ0) is 20.9. The molecule has 0 fully saturated rings. The second-order valence-corrected chi connectivity index (χ2v) is 9.04. The monoisotopic (exact) mass is 407 g/mol. The fourth-order valence-corrected chi connectivity index (χ4v) is 4.54. The van der Waals surface area contributed by atoms with Gasteiger partial charge in [0.2, 0.25) is 10.0 Å². The number of benzene rings is 2. The summed E-state index contributed by atoms with van der Waals surface area (Å²) >= 11 is 0. The molecule has 5 nitrogen and oxygen atoms in total. The Hall–Kier alpha value is -2.88. The molecule has 1 aromatic heterocycles. The van der Waals surface area contributed by atoms with E-state index in [-0.39, 0.29) is 10.9 Å². The molecule has 0 atom stereocenters. The molecule has 3 aromatic rings. The van der Waals surface area contributed by atoms with Crippen molar-refractivity contribution in [1.29, 1.82) is 0 Å².